The van der Waals surface area contributed by atoms with E-state index in [0.29, 0.717) is 11.1 Å². The molecule has 3 N–H and O–H groups in total. The van der Waals surface area contributed by atoms with Crippen LogP contribution < -0.4 is 10.9 Å². The lowest BCUT2D eigenvalue weighted by Crippen LogP contribution is -2.19. The highest BCUT2D eigenvalue weighted by atomic mass is 16.5. The molecule has 0 atom stereocenters. The number of para-hydroxylation sites is 1. The summed E-state index contributed by atoms with van der Waals surface area (Å²) in [6, 6.07) is 16.1. The van der Waals surface area contributed by atoms with Gasteiger partial charge in [-0.25, -0.2) is 15.9 Å². The van der Waals surface area contributed by atoms with Crippen molar-refractivity contribution in [3.8, 4) is 0 Å². The number of aromatic nitrogens is 2. The van der Waals surface area contributed by atoms with Crippen LogP contribution in [0.15, 0.2) is 65.9 Å². The molecule has 0 radical (unpaired) electrons. The molecule has 0 bridgehead atoms. The largest absolute Gasteiger partial charge is 0.342 e. The number of hydroxylamine groups is 1. The zero-order chi connectivity index (χ0) is 20.4. The third kappa shape index (κ3) is 3.44. The van der Waals surface area contributed by atoms with Gasteiger partial charge < -0.3 is 4.57 Å². The number of fused-ring (bicyclic) bond motifs is 3. The van der Waals surface area contributed by atoms with Crippen LogP contribution >= 0.6 is 0 Å². The molecule has 0 saturated carbocycles. The zero-order valence-electron chi connectivity index (χ0n) is 15.5. The Morgan fingerprint density at radius 1 is 1.03 bits per heavy atom. The molecule has 0 fully saturated rings. The van der Waals surface area contributed by atoms with Crippen LogP contribution in [0.1, 0.15) is 26.4 Å². The lowest BCUT2D eigenvalue weighted by atomic mass is 10.1. The Kier molecular flexibility index (Phi) is 4.76. The van der Waals surface area contributed by atoms with E-state index in [2.05, 4.69) is 15.5 Å². The van der Waals surface area contributed by atoms with Crippen LogP contribution in [0.5, 0.6) is 0 Å². The van der Waals surface area contributed by atoms with Crippen molar-refractivity contribution in [2.75, 3.05) is 0 Å². The number of hydrazone groups is 1. The van der Waals surface area contributed by atoms with Crippen LogP contribution in [0.25, 0.3) is 21.8 Å². The average molecular weight is 387 g/mol. The topological polar surface area (TPSA) is 109 Å². The van der Waals surface area contributed by atoms with Gasteiger partial charge in [-0.15, -0.1) is 0 Å². The van der Waals surface area contributed by atoms with Gasteiger partial charge in [-0.3, -0.25) is 14.8 Å². The Bertz CT molecular complexity index is 1260. The number of benzene rings is 2. The van der Waals surface area contributed by atoms with Crippen molar-refractivity contribution in [3.05, 3.63) is 77.6 Å². The second-order valence-electron chi connectivity index (χ2n) is 6.42. The number of hydrogen-bond donors (Lipinski definition) is 3. The van der Waals surface area contributed by atoms with Crippen molar-refractivity contribution in [1.82, 2.24) is 20.5 Å². The summed E-state index contributed by atoms with van der Waals surface area (Å²) < 4.78 is 2.04. The standard InChI is InChI=1S/C21H17N5O3/c1-26-18-5-3-2-4-15(18)16-10-17(22-12-19(16)26)21(28)24-23-11-13-6-8-14(9-7-13)20(27)25-29/h2-12,29H,1H3,(H,24,28)(H,25,27)/b23-11+. The van der Waals surface area contributed by atoms with Crippen LogP contribution in [-0.4, -0.2) is 32.8 Å². The minimum atomic E-state index is -0.600. The van der Waals surface area contributed by atoms with Crippen molar-refractivity contribution in [1.29, 1.82) is 0 Å². The van der Waals surface area contributed by atoms with Crippen molar-refractivity contribution >= 4 is 39.8 Å². The molecule has 0 saturated heterocycles. The van der Waals surface area contributed by atoms with Crippen molar-refractivity contribution in [3.63, 3.8) is 0 Å². The molecular formula is C21H17N5O3. The van der Waals surface area contributed by atoms with E-state index >= 15 is 0 Å². The zero-order valence-corrected chi connectivity index (χ0v) is 15.5. The molecule has 0 aliphatic heterocycles. The molecule has 0 unspecified atom stereocenters. The average Bonchev–Trinajstić information content (AvgIpc) is 3.05. The minimum absolute atomic E-state index is 0.265. The maximum atomic E-state index is 12.4. The molecule has 2 aromatic carbocycles. The second kappa shape index (κ2) is 7.53. The Hall–Kier alpha value is -4.04. The Morgan fingerprint density at radius 2 is 1.79 bits per heavy atom. The molecule has 2 amide bonds. The van der Waals surface area contributed by atoms with Gasteiger partial charge in [-0.2, -0.15) is 5.10 Å². The summed E-state index contributed by atoms with van der Waals surface area (Å²) >= 11 is 0. The lowest BCUT2D eigenvalue weighted by Gasteiger charge is -2.01. The predicted molar refractivity (Wildman–Crippen MR) is 109 cm³/mol. The van der Waals surface area contributed by atoms with Crippen LogP contribution in [0.2, 0.25) is 0 Å². The highest BCUT2D eigenvalue weighted by Gasteiger charge is 2.12. The normalized spacial score (nSPS) is 11.2. The molecule has 2 heterocycles. The number of aryl methyl sites for hydroxylation is 1. The van der Waals surface area contributed by atoms with Crippen molar-refractivity contribution in [2.45, 2.75) is 0 Å². The fraction of sp³-hybridized carbons (Fsp3) is 0.0476. The quantitative estimate of drug-likeness (QED) is 0.284. The van der Waals surface area contributed by atoms with Crippen molar-refractivity contribution < 1.29 is 14.8 Å². The number of amides is 2. The molecule has 0 aliphatic rings. The molecule has 144 valence electrons. The number of hydrogen-bond acceptors (Lipinski definition) is 5. The van der Waals surface area contributed by atoms with Gasteiger partial charge in [0.15, 0.2) is 0 Å². The predicted octanol–water partition coefficient (Wildman–Crippen LogP) is 2.61. The molecule has 29 heavy (non-hydrogen) atoms. The summed E-state index contributed by atoms with van der Waals surface area (Å²) in [5.74, 6) is -1.02. The third-order valence-electron chi connectivity index (χ3n) is 4.69. The summed E-state index contributed by atoms with van der Waals surface area (Å²) in [5.41, 5.74) is 7.28. The third-order valence-corrected chi connectivity index (χ3v) is 4.69. The number of pyridine rings is 1. The number of rotatable bonds is 4. The summed E-state index contributed by atoms with van der Waals surface area (Å²) in [7, 11) is 1.96. The fourth-order valence-corrected chi connectivity index (χ4v) is 3.19. The molecule has 8 heteroatoms. The van der Waals surface area contributed by atoms with Gasteiger partial charge in [-0.05, 0) is 29.8 Å². The van der Waals surface area contributed by atoms with E-state index in [9.17, 15) is 9.59 Å². The van der Waals surface area contributed by atoms with Crippen LogP contribution in [0.3, 0.4) is 0 Å². The Balaban J connectivity index is 1.52. The minimum Gasteiger partial charge on any atom is -0.342 e. The first kappa shape index (κ1) is 18.3. The van der Waals surface area contributed by atoms with Gasteiger partial charge in [0.1, 0.15) is 5.69 Å². The number of carbonyl (C=O) groups is 2. The first-order chi connectivity index (χ1) is 14.1. The molecular weight excluding hydrogens is 370 g/mol. The van der Waals surface area contributed by atoms with Gasteiger partial charge >= 0.3 is 0 Å². The van der Waals surface area contributed by atoms with Crippen LogP contribution in [-0.2, 0) is 7.05 Å². The maximum Gasteiger partial charge on any atom is 0.289 e. The summed E-state index contributed by atoms with van der Waals surface area (Å²) in [4.78, 5) is 28.0. The van der Waals surface area contributed by atoms with E-state index < -0.39 is 11.8 Å². The Morgan fingerprint density at radius 3 is 2.55 bits per heavy atom. The molecule has 4 aromatic rings. The summed E-state index contributed by atoms with van der Waals surface area (Å²) in [6.07, 6.45) is 3.13. The highest BCUT2D eigenvalue weighted by molar-refractivity contribution is 6.09. The van der Waals surface area contributed by atoms with Gasteiger partial charge in [-0.1, -0.05) is 30.3 Å². The van der Waals surface area contributed by atoms with Gasteiger partial charge in [0, 0.05) is 28.9 Å². The fourth-order valence-electron chi connectivity index (χ4n) is 3.19. The van der Waals surface area contributed by atoms with E-state index in [1.165, 1.54) is 18.3 Å². The van der Waals surface area contributed by atoms with Gasteiger partial charge in [0.05, 0.1) is 17.9 Å². The molecule has 8 nitrogen and oxygen atoms in total. The number of nitrogens with zero attached hydrogens (tertiary/aromatic N) is 3. The smallest absolute Gasteiger partial charge is 0.289 e. The summed E-state index contributed by atoms with van der Waals surface area (Å²) in [6.45, 7) is 0. The lowest BCUT2D eigenvalue weighted by molar-refractivity contribution is 0.0706. The maximum absolute atomic E-state index is 12.4. The summed E-state index contributed by atoms with van der Waals surface area (Å²) in [5, 5.41) is 14.6. The second-order valence-corrected chi connectivity index (χ2v) is 6.42. The molecule has 4 rings (SSSR count). The van der Waals surface area contributed by atoms with E-state index in [0.717, 1.165) is 21.8 Å². The molecule has 0 spiro atoms. The number of carbonyl (C=O) groups excluding carboxylic acids is 2. The van der Waals surface area contributed by atoms with E-state index in [1.807, 2.05) is 35.9 Å². The van der Waals surface area contributed by atoms with Crippen molar-refractivity contribution in [2.24, 2.45) is 12.1 Å². The van der Waals surface area contributed by atoms with Crippen LogP contribution in [0.4, 0.5) is 0 Å². The first-order valence-corrected chi connectivity index (χ1v) is 8.79. The highest BCUT2D eigenvalue weighted by Crippen LogP contribution is 2.27. The van der Waals surface area contributed by atoms with E-state index in [-0.39, 0.29) is 5.69 Å². The first-order valence-electron chi connectivity index (χ1n) is 8.79. The monoisotopic (exact) mass is 387 g/mol. The molecule has 0 aliphatic carbocycles. The molecule has 2 aromatic heterocycles. The number of nitrogens with one attached hydrogen (secondary N) is 2. The van der Waals surface area contributed by atoms with Crippen LogP contribution in [0, 0.1) is 0 Å². The van der Waals surface area contributed by atoms with E-state index in [1.54, 1.807) is 29.9 Å². The van der Waals surface area contributed by atoms with E-state index in [4.69, 9.17) is 5.21 Å². The Labute approximate surface area is 165 Å². The van der Waals surface area contributed by atoms with Gasteiger partial charge in [0.25, 0.3) is 11.8 Å². The van der Waals surface area contributed by atoms with Gasteiger partial charge in [0.2, 0.25) is 0 Å². The SMILES string of the molecule is Cn1c2ccccc2c2cc(C(=O)N/N=C/c3ccc(C(=O)NO)cc3)ncc21.